The average molecular weight is 344 g/mol. The summed E-state index contributed by atoms with van der Waals surface area (Å²) in [5.74, 6) is 0.469. The minimum atomic E-state index is -0.0255. The normalized spacial score (nSPS) is 26.2. The Hall–Kier alpha value is -0.950. The van der Waals surface area contributed by atoms with Gasteiger partial charge in [-0.3, -0.25) is 9.59 Å². The number of fused-ring (bicyclic) bond motifs is 1. The molecule has 2 amide bonds. The van der Waals surface area contributed by atoms with Gasteiger partial charge in [-0.2, -0.15) is 0 Å². The number of nitrogens with zero attached hydrogens (tertiary/aromatic N) is 2. The highest BCUT2D eigenvalue weighted by Crippen LogP contribution is 2.29. The Morgan fingerprint density at radius 1 is 1.53 bits per heavy atom. The van der Waals surface area contributed by atoms with E-state index in [-0.39, 0.29) is 17.9 Å². The Balaban J connectivity index is 1.74. The molecule has 0 spiro atoms. The minimum Gasteiger partial charge on any atom is -0.351 e. The van der Waals surface area contributed by atoms with Gasteiger partial charge in [0.1, 0.15) is 0 Å². The van der Waals surface area contributed by atoms with E-state index in [4.69, 9.17) is 0 Å². The third-order valence-electron chi connectivity index (χ3n) is 3.74. The zero-order valence-corrected chi connectivity index (χ0v) is 12.9. The maximum Gasteiger partial charge on any atom is 0.282 e. The van der Waals surface area contributed by atoms with Crippen molar-refractivity contribution in [3.8, 4) is 0 Å². The van der Waals surface area contributed by atoms with Crippen molar-refractivity contribution in [3.05, 3.63) is 14.5 Å². The number of aromatic nitrogens is 1. The fraction of sp³-hybridized carbons (Fsp3) is 0.583. The molecule has 2 aliphatic heterocycles. The summed E-state index contributed by atoms with van der Waals surface area (Å²) in [5, 5.41) is 3.49. The average Bonchev–Trinajstić information content (AvgIpc) is 2.92. The van der Waals surface area contributed by atoms with Crippen LogP contribution in [-0.2, 0) is 4.79 Å². The molecule has 2 saturated heterocycles. The molecule has 1 N–H and O–H groups in total. The van der Waals surface area contributed by atoms with Gasteiger partial charge in [0.05, 0.1) is 15.5 Å². The molecule has 0 saturated carbocycles. The standard InChI is InChI=1S/C12H14BrN3O2S/c1-6-10(13)19-11(14-6)12(18)16-4-7-2-3-9(17)15-8(7)5-16/h7-8H,2-5H2,1H3,(H,15,17). The van der Waals surface area contributed by atoms with Crippen molar-refractivity contribution in [2.24, 2.45) is 5.92 Å². The second kappa shape index (κ2) is 4.86. The number of carbonyl (C=O) groups is 2. The summed E-state index contributed by atoms with van der Waals surface area (Å²) in [6, 6.07) is 0.120. The zero-order chi connectivity index (χ0) is 13.6. The molecule has 5 nitrogen and oxygen atoms in total. The Bertz CT molecular complexity index is 526. The first kappa shape index (κ1) is 13.1. The molecule has 3 heterocycles. The third-order valence-corrected chi connectivity index (χ3v) is 5.73. The topological polar surface area (TPSA) is 62.3 Å². The van der Waals surface area contributed by atoms with E-state index in [2.05, 4.69) is 26.2 Å². The van der Waals surface area contributed by atoms with Crippen molar-refractivity contribution in [2.75, 3.05) is 13.1 Å². The molecule has 1 aromatic heterocycles. The number of rotatable bonds is 1. The first-order valence-corrected chi connectivity index (χ1v) is 7.87. The minimum absolute atomic E-state index is 0.0255. The summed E-state index contributed by atoms with van der Waals surface area (Å²) in [6.45, 7) is 3.20. The zero-order valence-electron chi connectivity index (χ0n) is 10.5. The van der Waals surface area contributed by atoms with Gasteiger partial charge in [-0.25, -0.2) is 4.98 Å². The van der Waals surface area contributed by atoms with Gasteiger partial charge in [-0.1, -0.05) is 0 Å². The van der Waals surface area contributed by atoms with Gasteiger partial charge >= 0.3 is 0 Å². The monoisotopic (exact) mass is 343 g/mol. The number of aryl methyl sites for hydroxylation is 1. The Morgan fingerprint density at radius 2 is 2.32 bits per heavy atom. The molecule has 2 unspecified atom stereocenters. The molecular weight excluding hydrogens is 330 g/mol. The maximum atomic E-state index is 12.4. The van der Waals surface area contributed by atoms with E-state index in [0.717, 1.165) is 22.4 Å². The lowest BCUT2D eigenvalue weighted by atomic mass is 9.94. The molecule has 0 radical (unpaired) electrons. The highest BCUT2D eigenvalue weighted by molar-refractivity contribution is 9.11. The van der Waals surface area contributed by atoms with Crippen molar-refractivity contribution in [1.82, 2.24) is 15.2 Å². The number of thiazole rings is 1. The molecule has 102 valence electrons. The van der Waals surface area contributed by atoms with Crippen LogP contribution in [0.1, 0.15) is 28.3 Å². The predicted molar refractivity (Wildman–Crippen MR) is 75.1 cm³/mol. The van der Waals surface area contributed by atoms with Gasteiger partial charge in [0.25, 0.3) is 5.91 Å². The van der Waals surface area contributed by atoms with Crippen LogP contribution in [0.2, 0.25) is 0 Å². The number of halogens is 1. The lowest BCUT2D eigenvalue weighted by Gasteiger charge is -2.24. The largest absolute Gasteiger partial charge is 0.351 e. The first-order chi connectivity index (χ1) is 9.04. The van der Waals surface area contributed by atoms with Crippen LogP contribution >= 0.6 is 27.3 Å². The quantitative estimate of drug-likeness (QED) is 0.841. The second-order valence-corrected chi connectivity index (χ2v) is 7.38. The van der Waals surface area contributed by atoms with Crippen molar-refractivity contribution >= 4 is 39.1 Å². The number of hydrogen-bond donors (Lipinski definition) is 1. The molecule has 0 aliphatic carbocycles. The van der Waals surface area contributed by atoms with Gasteiger partial charge in [0.15, 0.2) is 5.01 Å². The molecule has 19 heavy (non-hydrogen) atoms. The number of hydrogen-bond acceptors (Lipinski definition) is 4. The van der Waals surface area contributed by atoms with Crippen molar-refractivity contribution in [3.63, 3.8) is 0 Å². The van der Waals surface area contributed by atoms with Crippen LogP contribution in [0.5, 0.6) is 0 Å². The van der Waals surface area contributed by atoms with Crippen molar-refractivity contribution < 1.29 is 9.59 Å². The number of carbonyl (C=O) groups excluding carboxylic acids is 2. The van der Waals surface area contributed by atoms with E-state index in [1.165, 1.54) is 11.3 Å². The van der Waals surface area contributed by atoms with E-state index in [1.54, 1.807) is 0 Å². The van der Waals surface area contributed by atoms with E-state index in [9.17, 15) is 9.59 Å². The maximum absolute atomic E-state index is 12.4. The van der Waals surface area contributed by atoms with Crippen LogP contribution in [0.25, 0.3) is 0 Å². The fourth-order valence-corrected chi connectivity index (χ4v) is 4.00. The molecule has 0 bridgehead atoms. The van der Waals surface area contributed by atoms with Crippen molar-refractivity contribution in [1.29, 1.82) is 0 Å². The Labute approximate surface area is 123 Å². The van der Waals surface area contributed by atoms with Gasteiger partial charge in [-0.05, 0) is 35.2 Å². The van der Waals surface area contributed by atoms with Crippen LogP contribution in [-0.4, -0.2) is 40.8 Å². The van der Waals surface area contributed by atoms with Gasteiger partial charge in [-0.15, -0.1) is 11.3 Å². The predicted octanol–water partition coefficient (Wildman–Crippen LogP) is 1.56. The lowest BCUT2D eigenvalue weighted by Crippen LogP contribution is -2.44. The molecule has 3 rings (SSSR count). The van der Waals surface area contributed by atoms with E-state index in [1.807, 2.05) is 11.8 Å². The molecule has 7 heteroatoms. The molecule has 2 aliphatic rings. The number of amides is 2. The van der Waals surface area contributed by atoms with E-state index in [0.29, 0.717) is 23.9 Å². The highest BCUT2D eigenvalue weighted by Gasteiger charge is 2.39. The Kier molecular flexibility index (Phi) is 3.34. The fourth-order valence-electron chi connectivity index (χ4n) is 2.69. The summed E-state index contributed by atoms with van der Waals surface area (Å²) in [4.78, 5) is 29.8. The van der Waals surface area contributed by atoms with Crippen LogP contribution in [0.4, 0.5) is 0 Å². The number of piperidine rings is 1. The summed E-state index contributed by atoms with van der Waals surface area (Å²) >= 11 is 4.76. The Morgan fingerprint density at radius 3 is 3.00 bits per heavy atom. The van der Waals surface area contributed by atoms with E-state index >= 15 is 0 Å². The lowest BCUT2D eigenvalue weighted by molar-refractivity contribution is -0.123. The van der Waals surface area contributed by atoms with Crippen molar-refractivity contribution in [2.45, 2.75) is 25.8 Å². The molecule has 1 aromatic rings. The van der Waals surface area contributed by atoms with Crippen LogP contribution in [0.15, 0.2) is 3.79 Å². The van der Waals surface area contributed by atoms with Gasteiger partial charge in [0, 0.05) is 19.5 Å². The highest BCUT2D eigenvalue weighted by atomic mass is 79.9. The van der Waals surface area contributed by atoms with Crippen LogP contribution in [0, 0.1) is 12.8 Å². The number of likely N-dealkylation sites (tertiary alicyclic amines) is 1. The smallest absolute Gasteiger partial charge is 0.282 e. The molecule has 2 fully saturated rings. The summed E-state index contributed by atoms with van der Waals surface area (Å²) in [7, 11) is 0. The summed E-state index contributed by atoms with van der Waals surface area (Å²) in [6.07, 6.45) is 1.45. The SMILES string of the molecule is Cc1nc(C(=O)N2CC3CCC(=O)NC3C2)sc1Br. The molecular formula is C12H14BrN3O2S. The molecule has 0 aromatic carbocycles. The molecule has 2 atom stereocenters. The second-order valence-electron chi connectivity index (χ2n) is 5.06. The van der Waals surface area contributed by atoms with Crippen LogP contribution < -0.4 is 5.32 Å². The summed E-state index contributed by atoms with van der Waals surface area (Å²) in [5.41, 5.74) is 0.846. The van der Waals surface area contributed by atoms with E-state index < -0.39 is 0 Å². The van der Waals surface area contributed by atoms with Gasteiger partial charge < -0.3 is 10.2 Å². The van der Waals surface area contributed by atoms with Crippen LogP contribution in [0.3, 0.4) is 0 Å². The number of nitrogens with one attached hydrogen (secondary N) is 1. The third kappa shape index (κ3) is 2.41. The van der Waals surface area contributed by atoms with Gasteiger partial charge in [0.2, 0.25) is 5.91 Å². The summed E-state index contributed by atoms with van der Waals surface area (Å²) < 4.78 is 0.903. The first-order valence-electron chi connectivity index (χ1n) is 6.26.